The van der Waals surface area contributed by atoms with Gasteiger partial charge in [0.05, 0.1) is 6.04 Å². The fourth-order valence-corrected chi connectivity index (χ4v) is 2.47. The molecule has 2 N–H and O–H groups in total. The van der Waals surface area contributed by atoms with E-state index in [-0.39, 0.29) is 11.9 Å². The molecule has 0 radical (unpaired) electrons. The summed E-state index contributed by atoms with van der Waals surface area (Å²) in [7, 11) is 0. The van der Waals surface area contributed by atoms with Crippen molar-refractivity contribution in [3.05, 3.63) is 70.1 Å². The number of rotatable bonds is 2. The fourth-order valence-electron chi connectivity index (χ4n) is 2.05. The van der Waals surface area contributed by atoms with Crippen molar-refractivity contribution in [2.45, 2.75) is 6.04 Å². The molecule has 2 nitrogen and oxygen atoms in total. The molecule has 1 aromatic heterocycles. The molecule has 1 heterocycles. The smallest absolute Gasteiger partial charge is 0.134 e. The van der Waals surface area contributed by atoms with E-state index in [2.05, 4.69) is 15.9 Å². The molecule has 0 aliphatic heterocycles. The molecule has 19 heavy (non-hydrogen) atoms. The van der Waals surface area contributed by atoms with Gasteiger partial charge in [-0.3, -0.25) is 0 Å². The third kappa shape index (κ3) is 2.41. The summed E-state index contributed by atoms with van der Waals surface area (Å²) in [5.41, 5.74) is 7.76. The van der Waals surface area contributed by atoms with Gasteiger partial charge in [-0.2, -0.15) is 0 Å². The number of nitrogens with two attached hydrogens (primary N) is 1. The average molecular weight is 320 g/mol. The first-order valence-corrected chi connectivity index (χ1v) is 6.63. The molecule has 0 aliphatic rings. The van der Waals surface area contributed by atoms with Crippen molar-refractivity contribution >= 4 is 26.9 Å². The second-order valence-electron chi connectivity index (χ2n) is 4.36. The van der Waals surface area contributed by atoms with Crippen LogP contribution in [-0.4, -0.2) is 0 Å². The largest absolute Gasteiger partial charge is 0.459 e. The Kier molecular flexibility index (Phi) is 3.12. The van der Waals surface area contributed by atoms with Crippen LogP contribution < -0.4 is 5.73 Å². The zero-order valence-electron chi connectivity index (χ0n) is 9.94. The van der Waals surface area contributed by atoms with E-state index in [9.17, 15) is 4.39 Å². The molecule has 0 fully saturated rings. The standard InChI is InChI=1S/C15H11BrFNO/c16-11-3-1-2-9(6-11)15(18)14-8-10-7-12(17)4-5-13(10)19-14/h1-8,15H,18H2. The number of furan rings is 1. The van der Waals surface area contributed by atoms with Gasteiger partial charge < -0.3 is 10.2 Å². The summed E-state index contributed by atoms with van der Waals surface area (Å²) in [6.45, 7) is 0. The van der Waals surface area contributed by atoms with Crippen LogP contribution in [0.5, 0.6) is 0 Å². The quantitative estimate of drug-likeness (QED) is 0.761. The second-order valence-corrected chi connectivity index (χ2v) is 5.28. The summed E-state index contributed by atoms with van der Waals surface area (Å²) in [5, 5.41) is 0.723. The summed E-state index contributed by atoms with van der Waals surface area (Å²) < 4.78 is 19.8. The molecule has 0 bridgehead atoms. The normalized spacial score (nSPS) is 12.8. The van der Waals surface area contributed by atoms with Gasteiger partial charge in [-0.1, -0.05) is 28.1 Å². The predicted octanol–water partition coefficient (Wildman–Crippen LogP) is 4.38. The van der Waals surface area contributed by atoms with Gasteiger partial charge in [-0.15, -0.1) is 0 Å². The van der Waals surface area contributed by atoms with Crippen molar-refractivity contribution in [2.75, 3.05) is 0 Å². The SMILES string of the molecule is NC(c1cccc(Br)c1)c1cc2cc(F)ccc2o1. The average Bonchev–Trinajstić information content (AvgIpc) is 2.80. The highest BCUT2D eigenvalue weighted by Crippen LogP contribution is 2.28. The molecule has 0 spiro atoms. The third-order valence-electron chi connectivity index (χ3n) is 3.01. The van der Waals surface area contributed by atoms with Gasteiger partial charge in [0, 0.05) is 9.86 Å². The minimum atomic E-state index is -0.368. The summed E-state index contributed by atoms with van der Waals surface area (Å²) >= 11 is 3.41. The molecule has 96 valence electrons. The van der Waals surface area contributed by atoms with Crippen LogP contribution >= 0.6 is 15.9 Å². The van der Waals surface area contributed by atoms with E-state index in [0.29, 0.717) is 11.3 Å². The number of fused-ring (bicyclic) bond motifs is 1. The minimum absolute atomic E-state index is 0.282. The zero-order valence-corrected chi connectivity index (χ0v) is 11.5. The Hall–Kier alpha value is -1.65. The van der Waals surface area contributed by atoms with Crippen LogP contribution in [0.15, 0.2) is 57.4 Å². The summed E-state index contributed by atoms with van der Waals surface area (Å²) in [5.74, 6) is 0.342. The summed E-state index contributed by atoms with van der Waals surface area (Å²) in [6, 6.07) is 13.6. The predicted molar refractivity (Wildman–Crippen MR) is 76.3 cm³/mol. The fraction of sp³-hybridized carbons (Fsp3) is 0.0667. The van der Waals surface area contributed by atoms with Crippen LogP contribution in [0.25, 0.3) is 11.0 Å². The van der Waals surface area contributed by atoms with E-state index < -0.39 is 0 Å². The Bertz CT molecular complexity index is 738. The van der Waals surface area contributed by atoms with Crippen molar-refractivity contribution in [3.8, 4) is 0 Å². The monoisotopic (exact) mass is 319 g/mol. The molecule has 0 aliphatic carbocycles. The molecule has 3 aromatic rings. The highest BCUT2D eigenvalue weighted by atomic mass is 79.9. The molecule has 2 aromatic carbocycles. The van der Waals surface area contributed by atoms with Gasteiger partial charge in [-0.05, 0) is 42.0 Å². The molecule has 1 atom stereocenters. The van der Waals surface area contributed by atoms with E-state index in [1.54, 1.807) is 12.1 Å². The topological polar surface area (TPSA) is 39.2 Å². The van der Waals surface area contributed by atoms with Gasteiger partial charge in [0.1, 0.15) is 17.2 Å². The lowest BCUT2D eigenvalue weighted by Gasteiger charge is -2.09. The van der Waals surface area contributed by atoms with Gasteiger partial charge in [-0.25, -0.2) is 4.39 Å². The first kappa shape index (κ1) is 12.4. The van der Waals surface area contributed by atoms with Gasteiger partial charge in [0.2, 0.25) is 0 Å². The molecular weight excluding hydrogens is 309 g/mol. The van der Waals surface area contributed by atoms with Crippen LogP contribution in [0.1, 0.15) is 17.4 Å². The van der Waals surface area contributed by atoms with Gasteiger partial charge in [0.25, 0.3) is 0 Å². The molecule has 0 amide bonds. The van der Waals surface area contributed by atoms with E-state index in [0.717, 1.165) is 15.4 Å². The molecule has 0 saturated carbocycles. The Morgan fingerprint density at radius 1 is 1.11 bits per heavy atom. The Morgan fingerprint density at radius 3 is 2.74 bits per heavy atom. The van der Waals surface area contributed by atoms with Gasteiger partial charge >= 0.3 is 0 Å². The maximum atomic E-state index is 13.1. The minimum Gasteiger partial charge on any atom is -0.459 e. The zero-order chi connectivity index (χ0) is 13.4. The number of benzene rings is 2. The van der Waals surface area contributed by atoms with Crippen LogP contribution in [0.4, 0.5) is 4.39 Å². The molecule has 0 saturated heterocycles. The van der Waals surface area contributed by atoms with E-state index in [4.69, 9.17) is 10.2 Å². The highest BCUT2D eigenvalue weighted by molar-refractivity contribution is 9.10. The molecule has 3 rings (SSSR count). The van der Waals surface area contributed by atoms with E-state index in [1.165, 1.54) is 12.1 Å². The maximum Gasteiger partial charge on any atom is 0.134 e. The lowest BCUT2D eigenvalue weighted by Crippen LogP contribution is -2.10. The van der Waals surface area contributed by atoms with E-state index >= 15 is 0 Å². The molecular formula is C15H11BrFNO. The lowest BCUT2D eigenvalue weighted by molar-refractivity contribution is 0.524. The van der Waals surface area contributed by atoms with Crippen molar-refractivity contribution < 1.29 is 8.81 Å². The second kappa shape index (κ2) is 4.79. The Morgan fingerprint density at radius 2 is 1.95 bits per heavy atom. The van der Waals surface area contributed by atoms with Crippen LogP contribution in [0, 0.1) is 5.82 Å². The number of hydrogen-bond acceptors (Lipinski definition) is 2. The highest BCUT2D eigenvalue weighted by Gasteiger charge is 2.14. The van der Waals surface area contributed by atoms with Crippen molar-refractivity contribution in [2.24, 2.45) is 5.73 Å². The first-order valence-electron chi connectivity index (χ1n) is 5.83. The summed E-state index contributed by atoms with van der Waals surface area (Å²) in [4.78, 5) is 0. The first-order chi connectivity index (χ1) is 9.13. The van der Waals surface area contributed by atoms with Gasteiger partial charge in [0.15, 0.2) is 0 Å². The van der Waals surface area contributed by atoms with Crippen molar-refractivity contribution in [1.29, 1.82) is 0 Å². The Labute approximate surface area is 118 Å². The van der Waals surface area contributed by atoms with Crippen molar-refractivity contribution in [1.82, 2.24) is 0 Å². The summed E-state index contributed by atoms with van der Waals surface area (Å²) in [6.07, 6.45) is 0. The number of hydrogen-bond donors (Lipinski definition) is 1. The van der Waals surface area contributed by atoms with Crippen molar-refractivity contribution in [3.63, 3.8) is 0 Å². The third-order valence-corrected chi connectivity index (χ3v) is 3.50. The van der Waals surface area contributed by atoms with Crippen LogP contribution in [-0.2, 0) is 0 Å². The van der Waals surface area contributed by atoms with Crippen LogP contribution in [0.2, 0.25) is 0 Å². The number of halogens is 2. The molecule has 4 heteroatoms. The Balaban J connectivity index is 2.04. The van der Waals surface area contributed by atoms with E-state index in [1.807, 2.05) is 24.3 Å². The maximum absolute atomic E-state index is 13.1. The molecule has 1 unspecified atom stereocenters. The van der Waals surface area contributed by atoms with Crippen LogP contribution in [0.3, 0.4) is 0 Å². The lowest BCUT2D eigenvalue weighted by atomic mass is 10.1.